The fourth-order valence-corrected chi connectivity index (χ4v) is 3.29. The summed E-state index contributed by atoms with van der Waals surface area (Å²) in [5.41, 5.74) is 2.50. The van der Waals surface area contributed by atoms with Gasteiger partial charge in [0.25, 0.3) is 5.91 Å². The van der Waals surface area contributed by atoms with E-state index in [-0.39, 0.29) is 11.9 Å². The van der Waals surface area contributed by atoms with Crippen LogP contribution in [0.15, 0.2) is 54.6 Å². The van der Waals surface area contributed by atoms with E-state index in [2.05, 4.69) is 29.8 Å². The Hall–Kier alpha value is -3.13. The number of aromatic nitrogens is 2. The summed E-state index contributed by atoms with van der Waals surface area (Å²) < 4.78 is 2.07. The van der Waals surface area contributed by atoms with Gasteiger partial charge in [0.2, 0.25) is 0 Å². The number of hydrogen-bond acceptors (Lipinski definition) is 3. The molecule has 0 unspecified atom stereocenters. The largest absolute Gasteiger partial charge is 0.342 e. The number of aryl methyl sites for hydroxylation is 1. The summed E-state index contributed by atoms with van der Waals surface area (Å²) in [5.74, 6) is 1.08. The average molecular weight is 360 g/mol. The van der Waals surface area contributed by atoms with E-state index >= 15 is 0 Å². The first-order valence-electron chi connectivity index (χ1n) is 9.28. The third-order valence-electron chi connectivity index (χ3n) is 4.49. The Balaban J connectivity index is 1.99. The van der Waals surface area contributed by atoms with Crippen LogP contribution in [0.2, 0.25) is 0 Å². The monoisotopic (exact) mass is 360 g/mol. The van der Waals surface area contributed by atoms with Crippen LogP contribution in [-0.2, 0) is 6.54 Å². The molecule has 3 aromatic rings. The van der Waals surface area contributed by atoms with Crippen LogP contribution < -0.4 is 5.32 Å². The summed E-state index contributed by atoms with van der Waals surface area (Å²) in [7, 11) is 0. The molecule has 1 N–H and O–H groups in total. The molecular formula is C22H24N4O. The zero-order valence-electron chi connectivity index (χ0n) is 15.7. The van der Waals surface area contributed by atoms with Gasteiger partial charge in [0.05, 0.1) is 29.6 Å². The van der Waals surface area contributed by atoms with Gasteiger partial charge in [-0.2, -0.15) is 5.26 Å². The van der Waals surface area contributed by atoms with Gasteiger partial charge >= 0.3 is 0 Å². The van der Waals surface area contributed by atoms with Gasteiger partial charge in [-0.25, -0.2) is 4.98 Å². The summed E-state index contributed by atoms with van der Waals surface area (Å²) in [5, 5.41) is 12.2. The fraction of sp³-hybridized carbons (Fsp3) is 0.318. The van der Waals surface area contributed by atoms with Crippen molar-refractivity contribution in [3.8, 4) is 6.07 Å². The van der Waals surface area contributed by atoms with Crippen LogP contribution in [0, 0.1) is 17.2 Å². The second-order valence-corrected chi connectivity index (χ2v) is 7.04. The van der Waals surface area contributed by atoms with Crippen LogP contribution in [0.4, 0.5) is 0 Å². The highest BCUT2D eigenvalue weighted by molar-refractivity contribution is 5.94. The molecule has 1 atom stereocenters. The first kappa shape index (κ1) is 18.7. The van der Waals surface area contributed by atoms with Gasteiger partial charge in [0, 0.05) is 12.1 Å². The molecule has 0 spiro atoms. The zero-order valence-corrected chi connectivity index (χ0v) is 15.7. The molecule has 0 aliphatic rings. The van der Waals surface area contributed by atoms with Gasteiger partial charge in [-0.1, -0.05) is 44.2 Å². The van der Waals surface area contributed by atoms with Crippen molar-refractivity contribution in [2.75, 3.05) is 0 Å². The van der Waals surface area contributed by atoms with Crippen molar-refractivity contribution in [2.45, 2.75) is 39.3 Å². The molecule has 0 saturated carbocycles. The Labute approximate surface area is 159 Å². The minimum atomic E-state index is -0.219. The molecule has 3 rings (SSSR count). The second-order valence-electron chi connectivity index (χ2n) is 7.04. The Bertz CT molecular complexity index is 953. The van der Waals surface area contributed by atoms with E-state index in [1.165, 1.54) is 0 Å². The van der Waals surface area contributed by atoms with Crippen LogP contribution >= 0.6 is 0 Å². The minimum absolute atomic E-state index is 0.111. The summed E-state index contributed by atoms with van der Waals surface area (Å²) in [4.78, 5) is 17.6. The number of nitrogens with one attached hydrogen (secondary N) is 1. The lowest BCUT2D eigenvalue weighted by molar-refractivity contribution is 0.0929. The van der Waals surface area contributed by atoms with E-state index in [9.17, 15) is 4.79 Å². The number of hydrogen-bond donors (Lipinski definition) is 1. The highest BCUT2D eigenvalue weighted by Gasteiger charge is 2.23. The number of para-hydroxylation sites is 2. The molecule has 5 nitrogen and oxygen atoms in total. The second kappa shape index (κ2) is 8.50. The minimum Gasteiger partial charge on any atom is -0.342 e. The van der Waals surface area contributed by atoms with Gasteiger partial charge < -0.3 is 9.88 Å². The van der Waals surface area contributed by atoms with Gasteiger partial charge in [-0.15, -0.1) is 0 Å². The molecule has 1 amide bonds. The molecule has 1 aromatic heterocycles. The Morgan fingerprint density at radius 1 is 1.15 bits per heavy atom. The van der Waals surface area contributed by atoms with E-state index in [1.807, 2.05) is 42.5 Å². The summed E-state index contributed by atoms with van der Waals surface area (Å²) in [6, 6.07) is 19.1. The van der Waals surface area contributed by atoms with Crippen molar-refractivity contribution in [2.24, 2.45) is 5.92 Å². The predicted octanol–water partition coefficient (Wildman–Crippen LogP) is 4.47. The normalized spacial score (nSPS) is 12.1. The van der Waals surface area contributed by atoms with Gasteiger partial charge in [0.1, 0.15) is 5.82 Å². The lowest BCUT2D eigenvalue weighted by Crippen LogP contribution is -2.31. The van der Waals surface area contributed by atoms with Crippen molar-refractivity contribution in [1.29, 1.82) is 5.26 Å². The molecule has 5 heteroatoms. The van der Waals surface area contributed by atoms with Crippen molar-refractivity contribution < 1.29 is 4.79 Å². The van der Waals surface area contributed by atoms with E-state index in [1.54, 1.807) is 12.1 Å². The maximum Gasteiger partial charge on any atom is 0.251 e. The van der Waals surface area contributed by atoms with Gasteiger partial charge in [0.15, 0.2) is 0 Å². The number of nitriles is 1. The first-order valence-corrected chi connectivity index (χ1v) is 9.28. The van der Waals surface area contributed by atoms with Crippen LogP contribution in [0.3, 0.4) is 0 Å². The van der Waals surface area contributed by atoms with Crippen LogP contribution in [0.1, 0.15) is 48.9 Å². The van der Waals surface area contributed by atoms with Crippen LogP contribution in [-0.4, -0.2) is 15.5 Å². The summed E-state index contributed by atoms with van der Waals surface area (Å²) >= 11 is 0. The third-order valence-corrected chi connectivity index (χ3v) is 4.49. The number of rotatable bonds is 7. The standard InChI is InChI=1S/C22H24N4O/c1-16(2)15-19(25-22(27)17-9-4-3-5-10-17)21-24-18-11-6-7-12-20(18)26(21)14-8-13-23/h3-7,9-12,16,19H,8,14-15H2,1-2H3,(H,25,27)/t19-/m1/s1. The average Bonchev–Trinajstić information content (AvgIpc) is 3.04. The lowest BCUT2D eigenvalue weighted by Gasteiger charge is -2.21. The summed E-state index contributed by atoms with van der Waals surface area (Å²) in [6.07, 6.45) is 1.17. The van der Waals surface area contributed by atoms with Crippen LogP contribution in [0.5, 0.6) is 0 Å². The number of fused-ring (bicyclic) bond motifs is 1. The zero-order chi connectivity index (χ0) is 19.2. The summed E-state index contributed by atoms with van der Waals surface area (Å²) in [6.45, 7) is 4.82. The van der Waals surface area contributed by atoms with E-state index in [0.717, 1.165) is 23.3 Å². The predicted molar refractivity (Wildman–Crippen MR) is 106 cm³/mol. The number of imidazole rings is 1. The number of benzene rings is 2. The molecule has 138 valence electrons. The molecule has 1 heterocycles. The maximum absolute atomic E-state index is 12.7. The quantitative estimate of drug-likeness (QED) is 0.676. The van der Waals surface area contributed by atoms with Crippen molar-refractivity contribution in [1.82, 2.24) is 14.9 Å². The number of amides is 1. The third kappa shape index (κ3) is 4.35. The van der Waals surface area contributed by atoms with E-state index in [0.29, 0.717) is 24.4 Å². The Morgan fingerprint density at radius 3 is 2.56 bits per heavy atom. The van der Waals surface area contributed by atoms with Crippen molar-refractivity contribution in [3.05, 3.63) is 66.0 Å². The topological polar surface area (TPSA) is 70.7 Å². The Kier molecular flexibility index (Phi) is 5.87. The molecule has 0 bridgehead atoms. The van der Waals surface area contributed by atoms with Gasteiger partial charge in [-0.05, 0) is 36.6 Å². The smallest absolute Gasteiger partial charge is 0.251 e. The Morgan fingerprint density at radius 2 is 1.85 bits per heavy atom. The fourth-order valence-electron chi connectivity index (χ4n) is 3.29. The van der Waals surface area contributed by atoms with Crippen molar-refractivity contribution >= 4 is 16.9 Å². The lowest BCUT2D eigenvalue weighted by atomic mass is 10.0. The van der Waals surface area contributed by atoms with Gasteiger partial charge in [-0.3, -0.25) is 4.79 Å². The molecule has 27 heavy (non-hydrogen) atoms. The first-order chi connectivity index (χ1) is 13.1. The highest BCUT2D eigenvalue weighted by atomic mass is 16.1. The molecule has 0 aliphatic carbocycles. The SMILES string of the molecule is CC(C)C[C@@H](NC(=O)c1ccccc1)c1nc2ccccc2n1CCC#N. The highest BCUT2D eigenvalue weighted by Crippen LogP contribution is 2.26. The maximum atomic E-state index is 12.7. The number of carbonyl (C=O) groups is 1. The molecule has 2 aromatic carbocycles. The van der Waals surface area contributed by atoms with E-state index < -0.39 is 0 Å². The molecular weight excluding hydrogens is 336 g/mol. The molecule has 0 aliphatic heterocycles. The van der Waals surface area contributed by atoms with E-state index in [4.69, 9.17) is 10.2 Å². The number of nitrogens with zero attached hydrogens (tertiary/aromatic N) is 3. The molecule has 0 fully saturated rings. The van der Waals surface area contributed by atoms with Crippen LogP contribution in [0.25, 0.3) is 11.0 Å². The number of carbonyl (C=O) groups excluding carboxylic acids is 1. The molecule has 0 radical (unpaired) electrons. The molecule has 0 saturated heterocycles. The van der Waals surface area contributed by atoms with Crippen molar-refractivity contribution in [3.63, 3.8) is 0 Å².